The second-order valence-electron chi connectivity index (χ2n) is 6.20. The lowest BCUT2D eigenvalue weighted by Gasteiger charge is -2.37. The first kappa shape index (κ1) is 16.0. The van der Waals surface area contributed by atoms with E-state index in [1.54, 1.807) is 0 Å². The molecule has 2 N–H and O–H groups in total. The molecule has 0 atom stereocenters. The van der Waals surface area contributed by atoms with Crippen LogP contribution >= 0.6 is 0 Å². The van der Waals surface area contributed by atoms with Gasteiger partial charge in [0.1, 0.15) is 17.5 Å². The number of hydrogen-bond donors (Lipinski definition) is 2. The SMILES string of the molecule is CCCNc1nc(CC)nc(N2CCC(C)(O)CC2)c1C. The summed E-state index contributed by atoms with van der Waals surface area (Å²) in [5.41, 5.74) is 0.580. The Labute approximate surface area is 127 Å². The summed E-state index contributed by atoms with van der Waals surface area (Å²) in [7, 11) is 0. The Bertz CT molecular complexity index is 477. The van der Waals surface area contributed by atoms with Crippen molar-refractivity contribution in [3.8, 4) is 0 Å². The van der Waals surface area contributed by atoms with Crippen molar-refractivity contribution in [3.05, 3.63) is 11.4 Å². The lowest BCUT2D eigenvalue weighted by atomic mass is 9.94. The van der Waals surface area contributed by atoms with Gasteiger partial charge in [-0.3, -0.25) is 0 Å². The number of nitrogens with one attached hydrogen (secondary N) is 1. The maximum absolute atomic E-state index is 10.1. The normalized spacial score (nSPS) is 17.9. The molecule has 5 nitrogen and oxygen atoms in total. The van der Waals surface area contributed by atoms with Crippen LogP contribution in [0.15, 0.2) is 0 Å². The van der Waals surface area contributed by atoms with E-state index >= 15 is 0 Å². The van der Waals surface area contributed by atoms with E-state index in [4.69, 9.17) is 4.98 Å². The van der Waals surface area contributed by atoms with Crippen LogP contribution < -0.4 is 10.2 Å². The van der Waals surface area contributed by atoms with Gasteiger partial charge in [0, 0.05) is 31.6 Å². The minimum atomic E-state index is -0.533. The van der Waals surface area contributed by atoms with Gasteiger partial charge in [0.15, 0.2) is 0 Å². The minimum Gasteiger partial charge on any atom is -0.390 e. The van der Waals surface area contributed by atoms with E-state index in [2.05, 4.69) is 36.0 Å². The summed E-state index contributed by atoms with van der Waals surface area (Å²) in [4.78, 5) is 11.6. The third kappa shape index (κ3) is 3.84. The van der Waals surface area contributed by atoms with Crippen LogP contribution in [-0.2, 0) is 6.42 Å². The van der Waals surface area contributed by atoms with Gasteiger partial charge in [0.25, 0.3) is 0 Å². The molecular weight excluding hydrogens is 264 g/mol. The number of anilines is 2. The predicted molar refractivity (Wildman–Crippen MR) is 87.0 cm³/mol. The number of rotatable bonds is 5. The molecule has 0 spiro atoms. The Morgan fingerprint density at radius 2 is 1.90 bits per heavy atom. The van der Waals surface area contributed by atoms with Gasteiger partial charge in [-0.2, -0.15) is 0 Å². The summed E-state index contributed by atoms with van der Waals surface area (Å²) >= 11 is 0. The minimum absolute atomic E-state index is 0.533. The molecule has 1 saturated heterocycles. The molecule has 2 heterocycles. The average molecular weight is 292 g/mol. The first-order chi connectivity index (χ1) is 9.96. The van der Waals surface area contributed by atoms with Crippen molar-refractivity contribution in [2.24, 2.45) is 0 Å². The van der Waals surface area contributed by atoms with Crippen molar-refractivity contribution in [2.45, 2.75) is 59.0 Å². The first-order valence-corrected chi connectivity index (χ1v) is 8.05. The zero-order chi connectivity index (χ0) is 15.5. The Morgan fingerprint density at radius 1 is 1.24 bits per heavy atom. The Balaban J connectivity index is 2.25. The van der Waals surface area contributed by atoms with Crippen LogP contribution in [0.25, 0.3) is 0 Å². The summed E-state index contributed by atoms with van der Waals surface area (Å²) in [5, 5.41) is 13.5. The third-order valence-corrected chi connectivity index (χ3v) is 4.17. The second-order valence-corrected chi connectivity index (χ2v) is 6.20. The van der Waals surface area contributed by atoms with Crippen LogP contribution in [0.1, 0.15) is 51.4 Å². The van der Waals surface area contributed by atoms with E-state index < -0.39 is 5.60 Å². The molecule has 21 heavy (non-hydrogen) atoms. The monoisotopic (exact) mass is 292 g/mol. The molecule has 0 aliphatic carbocycles. The van der Waals surface area contributed by atoms with E-state index in [0.717, 1.165) is 68.3 Å². The molecule has 5 heteroatoms. The first-order valence-electron chi connectivity index (χ1n) is 8.05. The summed E-state index contributed by atoms with van der Waals surface area (Å²) in [6.07, 6.45) is 3.48. The highest BCUT2D eigenvalue weighted by Gasteiger charge is 2.29. The molecule has 0 bridgehead atoms. The lowest BCUT2D eigenvalue weighted by molar-refractivity contribution is 0.0350. The van der Waals surface area contributed by atoms with Crippen LogP contribution in [0.3, 0.4) is 0 Å². The van der Waals surface area contributed by atoms with Crippen molar-refractivity contribution >= 4 is 11.6 Å². The molecule has 0 aromatic carbocycles. The fraction of sp³-hybridized carbons (Fsp3) is 0.750. The molecule has 0 unspecified atom stereocenters. The topological polar surface area (TPSA) is 61.3 Å². The molecule has 1 fully saturated rings. The Morgan fingerprint density at radius 3 is 2.48 bits per heavy atom. The number of nitrogens with zero attached hydrogens (tertiary/aromatic N) is 3. The quantitative estimate of drug-likeness (QED) is 0.873. The smallest absolute Gasteiger partial charge is 0.137 e. The lowest BCUT2D eigenvalue weighted by Crippen LogP contribution is -2.43. The Kier molecular flexibility index (Phi) is 5.04. The van der Waals surface area contributed by atoms with Crippen LogP contribution in [0.4, 0.5) is 11.6 Å². The highest BCUT2D eigenvalue weighted by Crippen LogP contribution is 2.29. The molecule has 1 aliphatic heterocycles. The summed E-state index contributed by atoms with van der Waals surface area (Å²) in [6, 6.07) is 0. The summed E-state index contributed by atoms with van der Waals surface area (Å²) < 4.78 is 0. The van der Waals surface area contributed by atoms with Gasteiger partial charge in [0.2, 0.25) is 0 Å². The average Bonchev–Trinajstić information content (AvgIpc) is 2.46. The highest BCUT2D eigenvalue weighted by atomic mass is 16.3. The van der Waals surface area contributed by atoms with E-state index in [1.165, 1.54) is 0 Å². The van der Waals surface area contributed by atoms with E-state index in [9.17, 15) is 5.11 Å². The number of aromatic nitrogens is 2. The van der Waals surface area contributed by atoms with Crippen molar-refractivity contribution in [2.75, 3.05) is 29.9 Å². The zero-order valence-corrected chi connectivity index (χ0v) is 13.7. The van der Waals surface area contributed by atoms with Gasteiger partial charge in [-0.05, 0) is 33.1 Å². The molecule has 0 radical (unpaired) electrons. The van der Waals surface area contributed by atoms with Crippen molar-refractivity contribution in [3.63, 3.8) is 0 Å². The molecule has 1 aromatic rings. The van der Waals surface area contributed by atoms with Gasteiger partial charge in [-0.25, -0.2) is 9.97 Å². The fourth-order valence-corrected chi connectivity index (χ4v) is 2.63. The standard InChI is InChI=1S/C16H28N4O/c1-5-9-17-14-12(3)15(19-13(6-2)18-14)20-10-7-16(4,21)8-11-20/h21H,5-11H2,1-4H3,(H,17,18,19). The van der Waals surface area contributed by atoms with Crippen molar-refractivity contribution in [1.82, 2.24) is 9.97 Å². The third-order valence-electron chi connectivity index (χ3n) is 4.17. The van der Waals surface area contributed by atoms with Gasteiger partial charge >= 0.3 is 0 Å². The highest BCUT2D eigenvalue weighted by molar-refractivity contribution is 5.59. The molecule has 118 valence electrons. The number of aliphatic hydroxyl groups is 1. The van der Waals surface area contributed by atoms with Crippen LogP contribution in [0.2, 0.25) is 0 Å². The van der Waals surface area contributed by atoms with Gasteiger partial charge in [0.05, 0.1) is 5.60 Å². The van der Waals surface area contributed by atoms with Crippen molar-refractivity contribution < 1.29 is 5.11 Å². The Hall–Kier alpha value is -1.36. The van der Waals surface area contributed by atoms with E-state index in [0.29, 0.717) is 0 Å². The van der Waals surface area contributed by atoms with Crippen LogP contribution in [0, 0.1) is 6.92 Å². The van der Waals surface area contributed by atoms with Crippen LogP contribution in [-0.4, -0.2) is 40.3 Å². The maximum atomic E-state index is 10.1. The summed E-state index contributed by atoms with van der Waals surface area (Å²) in [6.45, 7) is 10.9. The van der Waals surface area contributed by atoms with Crippen molar-refractivity contribution in [1.29, 1.82) is 0 Å². The number of piperidine rings is 1. The van der Waals surface area contributed by atoms with Gasteiger partial charge in [-0.15, -0.1) is 0 Å². The van der Waals surface area contributed by atoms with Crippen LogP contribution in [0.5, 0.6) is 0 Å². The van der Waals surface area contributed by atoms with Gasteiger partial charge in [-0.1, -0.05) is 13.8 Å². The molecule has 0 saturated carbocycles. The number of aryl methyl sites for hydroxylation is 1. The predicted octanol–water partition coefficient (Wildman–Crippen LogP) is 2.52. The molecule has 1 aromatic heterocycles. The van der Waals surface area contributed by atoms with E-state index in [-0.39, 0.29) is 0 Å². The molecule has 2 rings (SSSR count). The maximum Gasteiger partial charge on any atom is 0.137 e. The van der Waals surface area contributed by atoms with Gasteiger partial charge < -0.3 is 15.3 Å². The largest absolute Gasteiger partial charge is 0.390 e. The fourth-order valence-electron chi connectivity index (χ4n) is 2.63. The second kappa shape index (κ2) is 6.60. The molecule has 0 amide bonds. The molecular formula is C16H28N4O. The van der Waals surface area contributed by atoms with E-state index in [1.807, 2.05) is 6.92 Å². The number of hydrogen-bond acceptors (Lipinski definition) is 5. The molecule has 1 aliphatic rings. The summed E-state index contributed by atoms with van der Waals surface area (Å²) in [5.74, 6) is 2.86. The zero-order valence-electron chi connectivity index (χ0n) is 13.7.